The van der Waals surface area contributed by atoms with E-state index in [0.29, 0.717) is 10.6 Å². The Labute approximate surface area is 172 Å². The van der Waals surface area contributed by atoms with Crippen molar-refractivity contribution in [2.24, 2.45) is 0 Å². The van der Waals surface area contributed by atoms with E-state index in [-0.39, 0.29) is 17.9 Å². The smallest absolute Gasteiger partial charge is 0.290 e. The number of hydrogen-bond acceptors (Lipinski definition) is 6. The fourth-order valence-corrected chi connectivity index (χ4v) is 4.46. The molecule has 29 heavy (non-hydrogen) atoms. The van der Waals surface area contributed by atoms with Crippen LogP contribution in [-0.2, 0) is 11.3 Å². The molecule has 1 aromatic carbocycles. The Hall–Kier alpha value is -3.32. The molecule has 0 fully saturated rings. The molecule has 146 valence electrons. The first kappa shape index (κ1) is 19.0. The van der Waals surface area contributed by atoms with Gasteiger partial charge in [0.15, 0.2) is 5.76 Å². The quantitative estimate of drug-likeness (QED) is 0.650. The summed E-state index contributed by atoms with van der Waals surface area (Å²) in [7, 11) is 0. The van der Waals surface area contributed by atoms with Crippen LogP contribution in [0.15, 0.2) is 66.2 Å². The molecule has 3 heterocycles. The molecule has 0 aliphatic carbocycles. The van der Waals surface area contributed by atoms with Crippen molar-refractivity contribution in [2.75, 3.05) is 0 Å². The molecule has 0 spiro atoms. The maximum Gasteiger partial charge on any atom is 0.290 e. The van der Waals surface area contributed by atoms with Gasteiger partial charge in [-0.1, -0.05) is 30.3 Å². The predicted octanol–water partition coefficient (Wildman–Crippen LogP) is 3.93. The lowest BCUT2D eigenvalue weighted by Crippen LogP contribution is -2.30. The molecule has 3 aromatic rings. The highest BCUT2D eigenvalue weighted by atomic mass is 32.1. The Balaban J connectivity index is 1.81. The minimum absolute atomic E-state index is 0.0869. The molecule has 1 unspecified atom stereocenters. The van der Waals surface area contributed by atoms with E-state index in [0.717, 1.165) is 16.1 Å². The summed E-state index contributed by atoms with van der Waals surface area (Å²) in [5, 5.41) is 11.5. The lowest BCUT2D eigenvalue weighted by atomic mass is 9.95. The lowest BCUT2D eigenvalue weighted by Gasteiger charge is -2.26. The van der Waals surface area contributed by atoms with Gasteiger partial charge in [-0.2, -0.15) is 0 Å². The lowest BCUT2D eigenvalue weighted by molar-refractivity contribution is -0.130. The number of aliphatic hydroxyl groups excluding tert-OH is 1. The largest absolute Gasteiger partial charge is 0.503 e. The fourth-order valence-electron chi connectivity index (χ4n) is 3.59. The second-order valence-electron chi connectivity index (χ2n) is 6.84. The summed E-state index contributed by atoms with van der Waals surface area (Å²) < 4.78 is 0. The number of benzene rings is 1. The molecule has 6 nitrogen and oxygen atoms in total. The van der Waals surface area contributed by atoms with Crippen molar-refractivity contribution in [2.45, 2.75) is 26.4 Å². The maximum atomic E-state index is 13.4. The third kappa shape index (κ3) is 3.45. The Bertz CT molecular complexity index is 1110. The van der Waals surface area contributed by atoms with Crippen molar-refractivity contribution in [1.29, 1.82) is 0 Å². The van der Waals surface area contributed by atoms with E-state index in [1.165, 1.54) is 16.2 Å². The van der Waals surface area contributed by atoms with Gasteiger partial charge in [0.1, 0.15) is 0 Å². The molecule has 0 saturated carbocycles. The van der Waals surface area contributed by atoms with Gasteiger partial charge in [-0.05, 0) is 37.1 Å². The van der Waals surface area contributed by atoms with Crippen LogP contribution in [0.3, 0.4) is 0 Å². The molecule has 0 radical (unpaired) electrons. The molecule has 2 aromatic heterocycles. The van der Waals surface area contributed by atoms with Gasteiger partial charge in [0.05, 0.1) is 27.2 Å². The highest BCUT2D eigenvalue weighted by Gasteiger charge is 2.44. The van der Waals surface area contributed by atoms with Gasteiger partial charge >= 0.3 is 0 Å². The van der Waals surface area contributed by atoms with Crippen LogP contribution < -0.4 is 0 Å². The Kier molecular flexibility index (Phi) is 4.98. The molecular weight excluding hydrogens is 386 g/mol. The number of amides is 1. The third-order valence-corrected chi connectivity index (χ3v) is 5.95. The van der Waals surface area contributed by atoms with Crippen LogP contribution in [0.5, 0.6) is 0 Å². The number of aryl methyl sites for hydroxylation is 2. The minimum Gasteiger partial charge on any atom is -0.503 e. The molecule has 1 aliphatic heterocycles. The van der Waals surface area contributed by atoms with Crippen molar-refractivity contribution < 1.29 is 14.7 Å². The Morgan fingerprint density at radius 2 is 1.83 bits per heavy atom. The van der Waals surface area contributed by atoms with Gasteiger partial charge < -0.3 is 10.0 Å². The first-order valence-electron chi connectivity index (χ1n) is 9.14. The van der Waals surface area contributed by atoms with Crippen LogP contribution in [0.25, 0.3) is 0 Å². The van der Waals surface area contributed by atoms with Crippen LogP contribution >= 0.6 is 11.3 Å². The monoisotopic (exact) mass is 405 g/mol. The molecule has 7 heteroatoms. The van der Waals surface area contributed by atoms with Gasteiger partial charge in [0, 0.05) is 18.9 Å². The fraction of sp³-hybridized carbons (Fsp3) is 0.182. The van der Waals surface area contributed by atoms with Crippen molar-refractivity contribution >= 4 is 23.0 Å². The standard InChI is InChI=1S/C22H19N3O3S/c1-13-21(29-14(2)24-13)19(26)17-18(16-8-10-23-11-9-16)25(22(28)20(17)27)12-15-6-4-3-5-7-15/h3-11,18,27H,12H2,1-2H3. The van der Waals surface area contributed by atoms with Crippen molar-refractivity contribution in [3.8, 4) is 0 Å². The summed E-state index contributed by atoms with van der Waals surface area (Å²) in [6.45, 7) is 3.85. The summed E-state index contributed by atoms with van der Waals surface area (Å²) in [4.78, 5) is 36.7. The summed E-state index contributed by atoms with van der Waals surface area (Å²) in [6.07, 6.45) is 3.22. The second kappa shape index (κ2) is 7.60. The molecule has 1 amide bonds. The topological polar surface area (TPSA) is 83.4 Å². The molecule has 1 atom stereocenters. The number of ketones is 1. The summed E-state index contributed by atoms with van der Waals surface area (Å²) in [5.41, 5.74) is 2.31. The molecule has 1 aliphatic rings. The summed E-state index contributed by atoms with van der Waals surface area (Å²) in [6, 6.07) is 12.3. The van der Waals surface area contributed by atoms with E-state index in [4.69, 9.17) is 0 Å². The zero-order valence-corrected chi connectivity index (χ0v) is 16.8. The van der Waals surface area contributed by atoms with Crippen LogP contribution in [0, 0.1) is 13.8 Å². The van der Waals surface area contributed by atoms with Gasteiger partial charge in [-0.25, -0.2) is 4.98 Å². The number of aromatic nitrogens is 2. The molecule has 0 saturated heterocycles. The molecule has 1 N–H and O–H groups in total. The van der Waals surface area contributed by atoms with Crippen LogP contribution in [0.1, 0.15) is 37.5 Å². The van der Waals surface area contributed by atoms with E-state index >= 15 is 0 Å². The minimum atomic E-state index is -0.694. The van der Waals surface area contributed by atoms with E-state index in [9.17, 15) is 14.7 Å². The van der Waals surface area contributed by atoms with E-state index in [1.54, 1.807) is 31.5 Å². The number of carbonyl (C=O) groups excluding carboxylic acids is 2. The SMILES string of the molecule is Cc1nc(C)c(C(=O)C2=C(O)C(=O)N(Cc3ccccc3)C2c2ccncc2)s1. The number of aliphatic hydroxyl groups is 1. The van der Waals surface area contributed by atoms with Crippen LogP contribution in [0.2, 0.25) is 0 Å². The average molecular weight is 405 g/mol. The summed E-state index contributed by atoms with van der Waals surface area (Å²) >= 11 is 1.27. The van der Waals surface area contributed by atoms with Gasteiger partial charge in [-0.3, -0.25) is 14.6 Å². The number of thiazole rings is 1. The van der Waals surface area contributed by atoms with Crippen molar-refractivity contribution in [3.63, 3.8) is 0 Å². The van der Waals surface area contributed by atoms with E-state index in [1.807, 2.05) is 37.3 Å². The normalized spacial score (nSPS) is 16.6. The Morgan fingerprint density at radius 1 is 1.14 bits per heavy atom. The number of hydrogen-bond donors (Lipinski definition) is 1. The van der Waals surface area contributed by atoms with Gasteiger partial charge in [0.25, 0.3) is 5.91 Å². The highest BCUT2D eigenvalue weighted by Crippen LogP contribution is 2.40. The highest BCUT2D eigenvalue weighted by molar-refractivity contribution is 7.14. The zero-order valence-electron chi connectivity index (χ0n) is 16.0. The van der Waals surface area contributed by atoms with E-state index < -0.39 is 17.7 Å². The number of rotatable bonds is 5. The molecule has 0 bridgehead atoms. The van der Waals surface area contributed by atoms with Gasteiger partial charge in [0.2, 0.25) is 5.78 Å². The van der Waals surface area contributed by atoms with Crippen molar-refractivity contribution in [3.05, 3.63) is 92.9 Å². The number of carbonyl (C=O) groups is 2. The number of nitrogens with zero attached hydrogens (tertiary/aromatic N) is 3. The first-order valence-corrected chi connectivity index (χ1v) is 9.95. The average Bonchev–Trinajstić information content (AvgIpc) is 3.19. The van der Waals surface area contributed by atoms with Gasteiger partial charge in [-0.15, -0.1) is 11.3 Å². The number of Topliss-reactive ketones (excluding diaryl/α,β-unsaturated/α-hetero) is 1. The molecule has 4 rings (SSSR count). The van der Waals surface area contributed by atoms with E-state index in [2.05, 4.69) is 9.97 Å². The zero-order chi connectivity index (χ0) is 20.5. The van der Waals surface area contributed by atoms with Crippen LogP contribution in [0.4, 0.5) is 0 Å². The predicted molar refractivity (Wildman–Crippen MR) is 110 cm³/mol. The van der Waals surface area contributed by atoms with Crippen molar-refractivity contribution in [1.82, 2.24) is 14.9 Å². The maximum absolute atomic E-state index is 13.4. The first-order chi connectivity index (χ1) is 14.0. The third-order valence-electron chi connectivity index (χ3n) is 4.88. The van der Waals surface area contributed by atoms with Crippen LogP contribution in [-0.4, -0.2) is 31.7 Å². The molecular formula is C22H19N3O3S. The number of pyridine rings is 1. The second-order valence-corrected chi connectivity index (χ2v) is 8.04. The summed E-state index contributed by atoms with van der Waals surface area (Å²) in [5.74, 6) is -1.42. The Morgan fingerprint density at radius 3 is 2.45 bits per heavy atom.